The number of rotatable bonds is 11. The molecule has 3 fully saturated rings. The maximum atomic E-state index is 13.1. The number of nitrogens with one attached hydrogen (secondary N) is 1. The first-order valence-corrected chi connectivity index (χ1v) is 14.1. The van der Waals surface area contributed by atoms with Gasteiger partial charge in [0, 0.05) is 23.1 Å². The highest BCUT2D eigenvalue weighted by molar-refractivity contribution is 8.03. The number of esters is 1. The molecule has 0 spiro atoms. The molecule has 14 heteroatoms. The molecule has 3 saturated heterocycles. The highest BCUT2D eigenvalue weighted by Gasteiger charge is 2.58. The summed E-state index contributed by atoms with van der Waals surface area (Å²) in [6, 6.07) is -1.74. The number of carbonyl (C=O) groups is 5. The second-order valence-electron chi connectivity index (χ2n) is 10.0. The summed E-state index contributed by atoms with van der Waals surface area (Å²) in [5.41, 5.74) is 2.62. The van der Waals surface area contributed by atoms with Gasteiger partial charge in [-0.15, -0.1) is 11.8 Å². The van der Waals surface area contributed by atoms with Crippen LogP contribution in [-0.4, -0.2) is 106 Å². The molecule has 222 valence electrons. The van der Waals surface area contributed by atoms with Crippen molar-refractivity contribution in [2.45, 2.75) is 55.7 Å². The number of thioether (sulfide) groups is 1. The number of hydrogen-bond acceptors (Lipinski definition) is 10. The lowest BCUT2D eigenvalue weighted by atomic mass is 9.83. The molecule has 2 N–H and O–H groups in total. The highest BCUT2D eigenvalue weighted by atomic mass is 32.2. The SMILES string of the molecule is C=CCOC(=O)C1=C(S[C@H]2C[C@@H](C3CC(=O)NN3C(=O)OCC=C)N(C(=O)OCC=C)C2)C[C@@H]2[C@@H]([C@@H](C)O)C(=O)N12. The van der Waals surface area contributed by atoms with E-state index in [9.17, 15) is 29.1 Å². The van der Waals surface area contributed by atoms with Gasteiger partial charge >= 0.3 is 18.2 Å². The molecule has 0 saturated carbocycles. The first kappa shape index (κ1) is 30.2. The van der Waals surface area contributed by atoms with Gasteiger partial charge in [0.1, 0.15) is 25.5 Å². The number of carbonyl (C=O) groups excluding carboxylic acids is 5. The highest BCUT2D eigenvalue weighted by Crippen LogP contribution is 2.49. The molecule has 0 radical (unpaired) electrons. The molecule has 0 aliphatic carbocycles. The Morgan fingerprint density at radius 1 is 1.00 bits per heavy atom. The first-order chi connectivity index (χ1) is 19.6. The van der Waals surface area contributed by atoms with Crippen LogP contribution in [0.4, 0.5) is 9.59 Å². The third kappa shape index (κ3) is 5.98. The zero-order valence-electron chi connectivity index (χ0n) is 22.7. The zero-order chi connectivity index (χ0) is 29.8. The van der Waals surface area contributed by atoms with Gasteiger partial charge in [-0.2, -0.15) is 0 Å². The molecular weight excluding hydrogens is 556 g/mol. The van der Waals surface area contributed by atoms with Crippen molar-refractivity contribution in [3.05, 3.63) is 48.6 Å². The van der Waals surface area contributed by atoms with E-state index in [1.807, 2.05) is 0 Å². The van der Waals surface area contributed by atoms with Crippen molar-refractivity contribution >= 4 is 41.7 Å². The Bertz CT molecular complexity index is 1170. The van der Waals surface area contributed by atoms with Gasteiger partial charge in [0.15, 0.2) is 0 Å². The van der Waals surface area contributed by atoms with Gasteiger partial charge in [0.2, 0.25) is 11.8 Å². The third-order valence-electron chi connectivity index (χ3n) is 7.32. The van der Waals surface area contributed by atoms with Crippen LogP contribution in [0.25, 0.3) is 0 Å². The number of aliphatic hydroxyl groups is 1. The number of nitrogens with zero attached hydrogens (tertiary/aromatic N) is 3. The van der Waals surface area contributed by atoms with Crippen molar-refractivity contribution in [1.82, 2.24) is 20.2 Å². The number of likely N-dealkylation sites (tertiary alicyclic amines) is 1. The van der Waals surface area contributed by atoms with Gasteiger partial charge in [0.25, 0.3) is 0 Å². The molecule has 0 aromatic heterocycles. The molecule has 4 heterocycles. The summed E-state index contributed by atoms with van der Waals surface area (Å²) >= 11 is 1.33. The van der Waals surface area contributed by atoms with Crippen molar-refractivity contribution in [3.8, 4) is 0 Å². The van der Waals surface area contributed by atoms with Crippen LogP contribution in [0.15, 0.2) is 48.6 Å². The van der Waals surface area contributed by atoms with E-state index in [4.69, 9.17) is 14.2 Å². The molecule has 4 aliphatic heterocycles. The Morgan fingerprint density at radius 3 is 2.27 bits per heavy atom. The summed E-state index contributed by atoms with van der Waals surface area (Å²) in [7, 11) is 0. The van der Waals surface area contributed by atoms with Crippen LogP contribution in [0.3, 0.4) is 0 Å². The number of fused-ring (bicyclic) bond motifs is 1. The zero-order valence-corrected chi connectivity index (χ0v) is 23.5. The molecule has 6 atom stereocenters. The van der Waals surface area contributed by atoms with Gasteiger partial charge < -0.3 is 29.1 Å². The molecule has 0 aromatic rings. The Balaban J connectivity index is 1.59. The first-order valence-electron chi connectivity index (χ1n) is 13.2. The molecule has 41 heavy (non-hydrogen) atoms. The number of hydrazine groups is 1. The monoisotopic (exact) mass is 590 g/mol. The van der Waals surface area contributed by atoms with Crippen LogP contribution in [0.5, 0.6) is 0 Å². The Labute approximate surface area is 241 Å². The fourth-order valence-electron chi connectivity index (χ4n) is 5.66. The van der Waals surface area contributed by atoms with Gasteiger partial charge in [-0.1, -0.05) is 38.0 Å². The summed E-state index contributed by atoms with van der Waals surface area (Å²) in [6.07, 6.45) is 2.57. The topological polar surface area (TPSA) is 155 Å². The van der Waals surface area contributed by atoms with Gasteiger partial charge in [0.05, 0.1) is 36.6 Å². The fraction of sp³-hybridized carbons (Fsp3) is 0.519. The summed E-state index contributed by atoms with van der Waals surface area (Å²) in [5, 5.41) is 10.9. The van der Waals surface area contributed by atoms with Crippen molar-refractivity contribution in [1.29, 1.82) is 0 Å². The van der Waals surface area contributed by atoms with Gasteiger partial charge in [-0.05, 0) is 13.3 Å². The lowest BCUT2D eigenvalue weighted by Crippen LogP contribution is -2.61. The van der Waals surface area contributed by atoms with Crippen molar-refractivity contribution in [2.75, 3.05) is 26.4 Å². The predicted molar refractivity (Wildman–Crippen MR) is 147 cm³/mol. The van der Waals surface area contributed by atoms with E-state index in [1.54, 1.807) is 0 Å². The number of hydrogen-bond donors (Lipinski definition) is 2. The van der Waals surface area contributed by atoms with E-state index in [0.29, 0.717) is 17.7 Å². The van der Waals surface area contributed by atoms with Crippen LogP contribution in [-0.2, 0) is 28.6 Å². The van der Waals surface area contributed by atoms with E-state index in [2.05, 4.69) is 25.2 Å². The molecule has 0 bridgehead atoms. The Morgan fingerprint density at radius 2 is 1.63 bits per heavy atom. The van der Waals surface area contributed by atoms with Crippen LogP contribution in [0.1, 0.15) is 26.2 Å². The van der Waals surface area contributed by atoms with Crippen LogP contribution in [0, 0.1) is 5.92 Å². The van der Waals surface area contributed by atoms with Crippen LogP contribution in [0.2, 0.25) is 0 Å². The van der Waals surface area contributed by atoms with E-state index in [1.165, 1.54) is 46.7 Å². The smallest absolute Gasteiger partial charge is 0.429 e. The van der Waals surface area contributed by atoms with E-state index < -0.39 is 48.2 Å². The van der Waals surface area contributed by atoms with Crippen LogP contribution >= 0.6 is 11.8 Å². The van der Waals surface area contributed by atoms with Crippen LogP contribution < -0.4 is 5.43 Å². The van der Waals surface area contributed by atoms with E-state index in [0.717, 1.165) is 5.01 Å². The molecule has 4 amide bonds. The third-order valence-corrected chi connectivity index (χ3v) is 8.64. The van der Waals surface area contributed by atoms with E-state index >= 15 is 0 Å². The molecule has 4 aliphatic rings. The Hall–Kier alpha value is -3.78. The lowest BCUT2D eigenvalue weighted by molar-refractivity contribution is -0.162. The Kier molecular flexibility index (Phi) is 9.43. The number of ether oxygens (including phenoxy) is 3. The normalized spacial score (nSPS) is 27.6. The maximum absolute atomic E-state index is 13.1. The standard InChI is InChI=1S/C27H34N4O9S/c1-5-8-38-25(35)23-20(12-19-22(15(4)32)24(34)30(19)23)41-16-11-17(29(14-16)26(36)39-9-6-2)18-13-21(33)28-31(18)27(37)40-10-7-3/h5-7,15-19,22,32H,1-3,8-14H2,4H3,(H,28,33)/t15-,16+,17+,18?,19-,22-/m1/s1. The molecule has 4 rings (SSSR count). The average molecular weight is 591 g/mol. The quantitative estimate of drug-likeness (QED) is 0.156. The number of aliphatic hydroxyl groups excluding tert-OH is 1. The second-order valence-corrected chi connectivity index (χ2v) is 11.4. The second kappa shape index (κ2) is 12.8. The summed E-state index contributed by atoms with van der Waals surface area (Å²) in [6.45, 7) is 12.2. The maximum Gasteiger partial charge on any atom is 0.429 e. The molecular formula is C27H34N4O9S. The summed E-state index contributed by atoms with van der Waals surface area (Å²) < 4.78 is 15.7. The minimum absolute atomic E-state index is 0.0310. The summed E-state index contributed by atoms with van der Waals surface area (Å²) in [4.78, 5) is 67.4. The molecule has 0 aromatic carbocycles. The van der Waals surface area contributed by atoms with Crippen molar-refractivity contribution < 1.29 is 43.3 Å². The summed E-state index contributed by atoms with van der Waals surface area (Å²) in [5.74, 6) is -2.07. The predicted octanol–water partition coefficient (Wildman–Crippen LogP) is 1.47. The molecule has 1 unspecified atom stereocenters. The van der Waals surface area contributed by atoms with Crippen molar-refractivity contribution in [2.24, 2.45) is 5.92 Å². The van der Waals surface area contributed by atoms with Gasteiger partial charge in [-0.25, -0.2) is 19.4 Å². The average Bonchev–Trinajstić information content (AvgIpc) is 3.62. The van der Waals surface area contributed by atoms with E-state index in [-0.39, 0.29) is 55.7 Å². The fourth-order valence-corrected chi connectivity index (χ4v) is 7.15. The minimum Gasteiger partial charge on any atom is -0.457 e. The molecule has 13 nitrogen and oxygen atoms in total. The van der Waals surface area contributed by atoms with Crippen molar-refractivity contribution in [3.63, 3.8) is 0 Å². The number of amides is 4. The number of β-lactam (4-membered cyclic amide) rings is 1. The van der Waals surface area contributed by atoms with Gasteiger partial charge in [-0.3, -0.25) is 15.0 Å². The lowest BCUT2D eigenvalue weighted by Gasteiger charge is -2.44. The largest absolute Gasteiger partial charge is 0.457 e. The minimum atomic E-state index is -0.885.